The number of hydrogen-bond donors (Lipinski definition) is 3. The SMILES string of the molecule is Cc1cc(N)ccc1NC(=O)NC1CCOC1. The lowest BCUT2D eigenvalue weighted by Gasteiger charge is -2.13. The third-order valence-electron chi connectivity index (χ3n) is 2.76. The van der Waals surface area contributed by atoms with Gasteiger partial charge in [0.1, 0.15) is 0 Å². The number of carbonyl (C=O) groups excluding carboxylic acids is 1. The molecule has 2 amide bonds. The molecule has 1 saturated heterocycles. The van der Waals surface area contributed by atoms with E-state index >= 15 is 0 Å². The van der Waals surface area contributed by atoms with Gasteiger partial charge in [-0.2, -0.15) is 0 Å². The Bertz CT molecular complexity index is 414. The van der Waals surface area contributed by atoms with Crippen molar-refractivity contribution < 1.29 is 9.53 Å². The summed E-state index contributed by atoms with van der Waals surface area (Å²) in [5, 5.41) is 5.67. The van der Waals surface area contributed by atoms with Crippen molar-refractivity contribution in [3.63, 3.8) is 0 Å². The molecule has 0 bridgehead atoms. The lowest BCUT2D eigenvalue weighted by Crippen LogP contribution is -2.38. The van der Waals surface area contributed by atoms with Gasteiger partial charge in [0.2, 0.25) is 0 Å². The standard InChI is InChI=1S/C12H17N3O2/c1-8-6-9(13)2-3-11(8)15-12(16)14-10-4-5-17-7-10/h2-3,6,10H,4-5,7,13H2,1H3,(H2,14,15,16). The number of aryl methyl sites for hydroxylation is 1. The van der Waals surface area contributed by atoms with E-state index in [0.717, 1.165) is 17.7 Å². The van der Waals surface area contributed by atoms with Crippen molar-refractivity contribution in [2.45, 2.75) is 19.4 Å². The highest BCUT2D eigenvalue weighted by molar-refractivity contribution is 5.90. The van der Waals surface area contributed by atoms with Crippen molar-refractivity contribution in [3.05, 3.63) is 23.8 Å². The second kappa shape index (κ2) is 5.05. The number of ether oxygens (including phenoxy) is 1. The van der Waals surface area contributed by atoms with Gasteiger partial charge in [0.05, 0.1) is 12.6 Å². The Kier molecular flexibility index (Phi) is 3.49. The number of nitrogen functional groups attached to an aromatic ring is 1. The molecule has 1 heterocycles. The Hall–Kier alpha value is -1.75. The van der Waals surface area contributed by atoms with E-state index in [1.807, 2.05) is 13.0 Å². The molecule has 1 fully saturated rings. The zero-order valence-corrected chi connectivity index (χ0v) is 9.82. The molecule has 1 aromatic carbocycles. The molecule has 92 valence electrons. The van der Waals surface area contributed by atoms with E-state index in [2.05, 4.69) is 10.6 Å². The maximum absolute atomic E-state index is 11.7. The number of nitrogens with two attached hydrogens (primary N) is 1. The largest absolute Gasteiger partial charge is 0.399 e. The van der Waals surface area contributed by atoms with Gasteiger partial charge in [-0.3, -0.25) is 0 Å². The monoisotopic (exact) mass is 235 g/mol. The van der Waals surface area contributed by atoms with Crippen LogP contribution in [0.4, 0.5) is 16.2 Å². The van der Waals surface area contributed by atoms with E-state index in [-0.39, 0.29) is 12.1 Å². The fourth-order valence-electron chi connectivity index (χ4n) is 1.82. The molecule has 0 saturated carbocycles. The van der Waals surface area contributed by atoms with Gasteiger partial charge in [0, 0.05) is 18.0 Å². The van der Waals surface area contributed by atoms with Crippen LogP contribution in [0, 0.1) is 6.92 Å². The molecule has 5 nitrogen and oxygen atoms in total. The zero-order valence-electron chi connectivity index (χ0n) is 9.82. The van der Waals surface area contributed by atoms with Crippen molar-refractivity contribution in [2.24, 2.45) is 0 Å². The Morgan fingerprint density at radius 3 is 3.00 bits per heavy atom. The minimum Gasteiger partial charge on any atom is -0.399 e. The predicted molar refractivity (Wildman–Crippen MR) is 67.0 cm³/mol. The molecule has 0 aliphatic carbocycles. The van der Waals surface area contributed by atoms with Crippen molar-refractivity contribution in [1.29, 1.82) is 0 Å². The molecule has 1 aromatic rings. The number of benzene rings is 1. The van der Waals surface area contributed by atoms with Gasteiger partial charge in [-0.1, -0.05) is 0 Å². The Morgan fingerprint density at radius 2 is 2.35 bits per heavy atom. The third-order valence-corrected chi connectivity index (χ3v) is 2.76. The van der Waals surface area contributed by atoms with Gasteiger partial charge < -0.3 is 21.1 Å². The number of urea groups is 1. The smallest absolute Gasteiger partial charge is 0.319 e. The van der Waals surface area contributed by atoms with Crippen LogP contribution in [0.25, 0.3) is 0 Å². The Labute approximate surface area is 100 Å². The lowest BCUT2D eigenvalue weighted by atomic mass is 10.2. The molecule has 1 unspecified atom stereocenters. The van der Waals surface area contributed by atoms with E-state index in [9.17, 15) is 4.79 Å². The van der Waals surface area contributed by atoms with E-state index in [4.69, 9.17) is 10.5 Å². The van der Waals surface area contributed by atoms with Crippen LogP contribution < -0.4 is 16.4 Å². The Balaban J connectivity index is 1.93. The number of amides is 2. The number of anilines is 2. The first-order valence-electron chi connectivity index (χ1n) is 5.66. The molecule has 1 atom stereocenters. The summed E-state index contributed by atoms with van der Waals surface area (Å²) in [5.74, 6) is 0. The summed E-state index contributed by atoms with van der Waals surface area (Å²) in [6, 6.07) is 5.31. The van der Waals surface area contributed by atoms with Crippen LogP contribution in [0.5, 0.6) is 0 Å². The summed E-state index contributed by atoms with van der Waals surface area (Å²) >= 11 is 0. The van der Waals surface area contributed by atoms with Gasteiger partial charge in [-0.05, 0) is 37.1 Å². The molecule has 1 aliphatic heterocycles. The molecule has 0 spiro atoms. The van der Waals surface area contributed by atoms with Crippen LogP contribution in [0.1, 0.15) is 12.0 Å². The van der Waals surface area contributed by atoms with Crippen molar-refractivity contribution in [2.75, 3.05) is 24.3 Å². The summed E-state index contributed by atoms with van der Waals surface area (Å²) in [6.07, 6.45) is 0.869. The van der Waals surface area contributed by atoms with Gasteiger partial charge in [0.25, 0.3) is 0 Å². The first-order chi connectivity index (χ1) is 8.15. The van der Waals surface area contributed by atoms with Crippen LogP contribution in [0.3, 0.4) is 0 Å². The van der Waals surface area contributed by atoms with E-state index in [1.165, 1.54) is 0 Å². The predicted octanol–water partition coefficient (Wildman–Crippen LogP) is 1.49. The lowest BCUT2D eigenvalue weighted by molar-refractivity contribution is 0.189. The van der Waals surface area contributed by atoms with Crippen LogP contribution >= 0.6 is 0 Å². The summed E-state index contributed by atoms with van der Waals surface area (Å²) in [7, 11) is 0. The third kappa shape index (κ3) is 3.10. The van der Waals surface area contributed by atoms with Crippen LogP contribution in [-0.2, 0) is 4.74 Å². The summed E-state index contributed by atoms with van der Waals surface area (Å²) in [4.78, 5) is 11.7. The average Bonchev–Trinajstić information content (AvgIpc) is 2.75. The molecule has 4 N–H and O–H groups in total. The van der Waals surface area contributed by atoms with E-state index in [1.54, 1.807) is 12.1 Å². The number of rotatable bonds is 2. The first-order valence-corrected chi connectivity index (χ1v) is 5.66. The highest BCUT2D eigenvalue weighted by atomic mass is 16.5. The van der Waals surface area contributed by atoms with Gasteiger partial charge in [-0.25, -0.2) is 4.79 Å². The van der Waals surface area contributed by atoms with Crippen molar-refractivity contribution in [1.82, 2.24) is 5.32 Å². The fourth-order valence-corrected chi connectivity index (χ4v) is 1.82. The topological polar surface area (TPSA) is 76.4 Å². The first kappa shape index (κ1) is 11.7. The van der Waals surface area contributed by atoms with Crippen molar-refractivity contribution >= 4 is 17.4 Å². The zero-order chi connectivity index (χ0) is 12.3. The van der Waals surface area contributed by atoms with Gasteiger partial charge in [-0.15, -0.1) is 0 Å². The highest BCUT2D eigenvalue weighted by Gasteiger charge is 2.17. The van der Waals surface area contributed by atoms with Crippen LogP contribution in [0.15, 0.2) is 18.2 Å². The summed E-state index contributed by atoms with van der Waals surface area (Å²) < 4.78 is 5.19. The van der Waals surface area contributed by atoms with E-state index in [0.29, 0.717) is 18.9 Å². The molecular formula is C12H17N3O2. The second-order valence-electron chi connectivity index (χ2n) is 4.23. The normalized spacial score (nSPS) is 19.0. The second-order valence-corrected chi connectivity index (χ2v) is 4.23. The number of carbonyl (C=O) groups is 1. The minimum absolute atomic E-state index is 0.115. The maximum atomic E-state index is 11.7. The maximum Gasteiger partial charge on any atom is 0.319 e. The van der Waals surface area contributed by atoms with E-state index < -0.39 is 0 Å². The average molecular weight is 235 g/mol. The number of nitrogens with one attached hydrogen (secondary N) is 2. The Morgan fingerprint density at radius 1 is 1.53 bits per heavy atom. The van der Waals surface area contributed by atoms with Crippen LogP contribution in [0.2, 0.25) is 0 Å². The molecule has 17 heavy (non-hydrogen) atoms. The molecule has 1 aliphatic rings. The molecule has 5 heteroatoms. The van der Waals surface area contributed by atoms with Crippen LogP contribution in [-0.4, -0.2) is 25.3 Å². The molecule has 2 rings (SSSR count). The van der Waals surface area contributed by atoms with Gasteiger partial charge >= 0.3 is 6.03 Å². The molecular weight excluding hydrogens is 218 g/mol. The van der Waals surface area contributed by atoms with Gasteiger partial charge in [0.15, 0.2) is 0 Å². The van der Waals surface area contributed by atoms with Crippen molar-refractivity contribution in [3.8, 4) is 0 Å². The fraction of sp³-hybridized carbons (Fsp3) is 0.417. The summed E-state index contributed by atoms with van der Waals surface area (Å²) in [6.45, 7) is 3.21. The number of hydrogen-bond acceptors (Lipinski definition) is 3. The molecule has 0 radical (unpaired) electrons. The minimum atomic E-state index is -0.201. The summed E-state index contributed by atoms with van der Waals surface area (Å²) in [5.41, 5.74) is 8.06. The molecule has 0 aromatic heterocycles. The quantitative estimate of drug-likeness (QED) is 0.680. The highest BCUT2D eigenvalue weighted by Crippen LogP contribution is 2.17.